The summed E-state index contributed by atoms with van der Waals surface area (Å²) in [7, 11) is -3.96. The molecule has 0 saturated carbocycles. The third-order valence-corrected chi connectivity index (χ3v) is 5.74. The Morgan fingerprint density at radius 1 is 1.15 bits per heavy atom. The lowest BCUT2D eigenvalue weighted by molar-refractivity contribution is -0.0500. The van der Waals surface area contributed by atoms with Crippen molar-refractivity contribution in [3.63, 3.8) is 0 Å². The number of ether oxygens (including phenoxy) is 2. The van der Waals surface area contributed by atoms with Crippen LogP contribution in [0.15, 0.2) is 48.8 Å². The number of aromatic nitrogens is 2. The van der Waals surface area contributed by atoms with E-state index >= 15 is 0 Å². The first-order valence-corrected chi connectivity index (χ1v) is 10.8. The van der Waals surface area contributed by atoms with Gasteiger partial charge in [-0.15, -0.1) is 0 Å². The van der Waals surface area contributed by atoms with Crippen molar-refractivity contribution in [1.82, 2.24) is 9.78 Å². The van der Waals surface area contributed by atoms with Gasteiger partial charge in [0.2, 0.25) is 0 Å². The van der Waals surface area contributed by atoms with E-state index in [0.29, 0.717) is 0 Å². The van der Waals surface area contributed by atoms with Crippen molar-refractivity contribution in [3.8, 4) is 17.2 Å². The van der Waals surface area contributed by atoms with E-state index in [-0.39, 0.29) is 17.7 Å². The zero-order chi connectivity index (χ0) is 24.4. The Labute approximate surface area is 191 Å². The third kappa shape index (κ3) is 5.06. The molecule has 0 unspecified atom stereocenters. The molecule has 0 aliphatic carbocycles. The first kappa shape index (κ1) is 24.4. The predicted molar refractivity (Wildman–Crippen MR) is 111 cm³/mol. The smallest absolute Gasteiger partial charge is 0.495 e. The Bertz CT molecular complexity index is 1260. The van der Waals surface area contributed by atoms with Crippen LogP contribution >= 0.6 is 11.6 Å². The lowest BCUT2D eigenvalue weighted by atomic mass is 10.0. The van der Waals surface area contributed by atoms with E-state index in [1.165, 1.54) is 7.11 Å². The predicted octanol–water partition coefficient (Wildman–Crippen LogP) is 4.14. The van der Waals surface area contributed by atoms with Gasteiger partial charge in [-0.25, -0.2) is 9.48 Å². The van der Waals surface area contributed by atoms with Gasteiger partial charge in [0.1, 0.15) is 16.3 Å². The highest BCUT2D eigenvalue weighted by Crippen LogP contribution is 2.43. The summed E-state index contributed by atoms with van der Waals surface area (Å²) in [6, 6.07) is 9.97. The molecule has 13 heteroatoms. The first-order valence-electron chi connectivity index (χ1n) is 9.06. The number of carbonyl (C=O) groups excluding carboxylic acids is 1. The molecule has 0 spiro atoms. The zero-order valence-electron chi connectivity index (χ0n) is 17.1. The number of carbonyl (C=O) groups is 1. The number of hydrogen-bond acceptors (Lipinski definition) is 7. The Balaban J connectivity index is 2.05. The SMILES string of the molecule is COC(=O)c1cc(Cc2ccc(-n3cccn3)cc2)c(OC)c(Cl)c1OS(=O)(=O)C(F)(F)F. The van der Waals surface area contributed by atoms with E-state index in [9.17, 15) is 26.4 Å². The van der Waals surface area contributed by atoms with Gasteiger partial charge in [-0.05, 0) is 29.8 Å². The van der Waals surface area contributed by atoms with E-state index in [2.05, 4.69) is 14.0 Å². The van der Waals surface area contributed by atoms with Crippen molar-refractivity contribution in [2.45, 2.75) is 11.9 Å². The third-order valence-electron chi connectivity index (χ3n) is 4.44. The summed E-state index contributed by atoms with van der Waals surface area (Å²) in [6.45, 7) is 0. The van der Waals surface area contributed by atoms with E-state index in [4.69, 9.17) is 16.3 Å². The molecule has 3 rings (SSSR count). The Morgan fingerprint density at radius 2 is 1.82 bits per heavy atom. The summed E-state index contributed by atoms with van der Waals surface area (Å²) in [5, 5.41) is 3.49. The fraction of sp³-hybridized carbons (Fsp3) is 0.200. The molecule has 0 aliphatic rings. The summed E-state index contributed by atoms with van der Waals surface area (Å²) in [5.41, 5.74) is -4.56. The van der Waals surface area contributed by atoms with Gasteiger partial charge in [-0.1, -0.05) is 23.7 Å². The number of hydrogen-bond donors (Lipinski definition) is 0. The van der Waals surface area contributed by atoms with Gasteiger partial charge in [0.25, 0.3) is 0 Å². The van der Waals surface area contributed by atoms with Crippen LogP contribution < -0.4 is 8.92 Å². The minimum atomic E-state index is -6.12. The molecular weight excluding hydrogens is 489 g/mol. The van der Waals surface area contributed by atoms with Crippen molar-refractivity contribution < 1.29 is 40.0 Å². The molecule has 1 heterocycles. The van der Waals surface area contributed by atoms with Gasteiger partial charge in [-0.3, -0.25) is 0 Å². The molecule has 0 fully saturated rings. The molecule has 0 radical (unpaired) electrons. The van der Waals surface area contributed by atoms with Crippen molar-refractivity contribution in [2.24, 2.45) is 0 Å². The average Bonchev–Trinajstić information content (AvgIpc) is 3.29. The maximum Gasteiger partial charge on any atom is 0.534 e. The molecule has 8 nitrogen and oxygen atoms in total. The maximum atomic E-state index is 12.8. The van der Waals surface area contributed by atoms with E-state index in [1.807, 2.05) is 0 Å². The summed E-state index contributed by atoms with van der Waals surface area (Å²) in [6.07, 6.45) is 3.52. The second-order valence-electron chi connectivity index (χ2n) is 6.53. The summed E-state index contributed by atoms with van der Waals surface area (Å²) >= 11 is 6.13. The second kappa shape index (κ2) is 9.32. The molecular formula is C20H16ClF3N2O6S. The summed E-state index contributed by atoms with van der Waals surface area (Å²) < 4.78 is 77.2. The molecule has 0 saturated heterocycles. The fourth-order valence-corrected chi connectivity index (χ4v) is 3.80. The van der Waals surface area contributed by atoms with E-state index in [0.717, 1.165) is 24.4 Å². The molecule has 33 heavy (non-hydrogen) atoms. The normalized spacial score (nSPS) is 11.8. The number of esters is 1. The van der Waals surface area contributed by atoms with Gasteiger partial charge in [0.05, 0.1) is 19.9 Å². The molecule has 2 aromatic carbocycles. The van der Waals surface area contributed by atoms with Gasteiger partial charge in [0, 0.05) is 24.4 Å². The lowest BCUT2D eigenvalue weighted by Crippen LogP contribution is -2.29. The van der Waals surface area contributed by atoms with Gasteiger partial charge < -0.3 is 13.7 Å². The number of benzene rings is 2. The summed E-state index contributed by atoms with van der Waals surface area (Å²) in [4.78, 5) is 12.2. The number of nitrogens with zero attached hydrogens (tertiary/aromatic N) is 2. The number of alkyl halides is 3. The fourth-order valence-electron chi connectivity index (χ4n) is 2.93. The van der Waals surface area contributed by atoms with Crippen molar-refractivity contribution in [2.75, 3.05) is 14.2 Å². The van der Waals surface area contributed by atoms with Crippen LogP contribution in [0.25, 0.3) is 5.69 Å². The monoisotopic (exact) mass is 504 g/mol. The largest absolute Gasteiger partial charge is 0.534 e. The quantitative estimate of drug-likeness (QED) is 0.271. The summed E-state index contributed by atoms with van der Waals surface area (Å²) in [5.74, 6) is -2.36. The Kier molecular flexibility index (Phi) is 6.89. The highest BCUT2D eigenvalue weighted by molar-refractivity contribution is 7.88. The molecule has 0 amide bonds. The molecule has 0 bridgehead atoms. The standard InChI is InChI=1S/C20H16ClF3N2O6S/c1-30-17-13(10-12-4-6-14(7-5-12)26-9-3-8-25-26)11-15(19(27)31-2)18(16(17)21)32-33(28,29)20(22,23)24/h3-9,11H,10H2,1-2H3. The number of methoxy groups -OCH3 is 2. The molecule has 1 aromatic heterocycles. The molecule has 0 atom stereocenters. The van der Waals surface area contributed by atoms with Crippen LogP contribution in [0.4, 0.5) is 13.2 Å². The lowest BCUT2D eigenvalue weighted by Gasteiger charge is -2.18. The van der Waals surface area contributed by atoms with Crippen molar-refractivity contribution >= 4 is 27.7 Å². The molecule has 176 valence electrons. The van der Waals surface area contributed by atoms with Crippen LogP contribution in [0.3, 0.4) is 0 Å². The van der Waals surface area contributed by atoms with Crippen LogP contribution in [0.2, 0.25) is 5.02 Å². The van der Waals surface area contributed by atoms with Crippen LogP contribution in [0.5, 0.6) is 11.5 Å². The highest BCUT2D eigenvalue weighted by atomic mass is 35.5. The van der Waals surface area contributed by atoms with Crippen LogP contribution in [0.1, 0.15) is 21.5 Å². The van der Waals surface area contributed by atoms with Crippen molar-refractivity contribution in [1.29, 1.82) is 0 Å². The number of rotatable bonds is 7. The second-order valence-corrected chi connectivity index (χ2v) is 8.44. The Hall–Kier alpha value is -3.25. The highest BCUT2D eigenvalue weighted by Gasteiger charge is 2.49. The molecule has 0 aliphatic heterocycles. The maximum absolute atomic E-state index is 12.8. The van der Waals surface area contributed by atoms with Crippen molar-refractivity contribution in [3.05, 3.63) is 70.5 Å². The minimum Gasteiger partial charge on any atom is -0.495 e. The van der Waals surface area contributed by atoms with Crippen LogP contribution in [0, 0.1) is 0 Å². The minimum absolute atomic E-state index is 0.137. The molecule has 0 N–H and O–H groups in total. The van der Waals surface area contributed by atoms with Crippen LogP contribution in [-0.4, -0.2) is 43.9 Å². The number of halogens is 4. The first-order chi connectivity index (χ1) is 15.5. The van der Waals surface area contributed by atoms with E-state index < -0.39 is 37.9 Å². The zero-order valence-corrected chi connectivity index (χ0v) is 18.7. The van der Waals surface area contributed by atoms with Crippen LogP contribution in [-0.2, 0) is 21.3 Å². The topological polar surface area (TPSA) is 96.7 Å². The van der Waals surface area contributed by atoms with Gasteiger partial charge in [0.15, 0.2) is 5.75 Å². The molecule has 3 aromatic rings. The average molecular weight is 505 g/mol. The van der Waals surface area contributed by atoms with Gasteiger partial charge >= 0.3 is 21.6 Å². The van der Waals surface area contributed by atoms with Gasteiger partial charge in [-0.2, -0.15) is 26.7 Å². The van der Waals surface area contributed by atoms with E-state index in [1.54, 1.807) is 47.4 Å². The Morgan fingerprint density at radius 3 is 2.33 bits per heavy atom.